The lowest BCUT2D eigenvalue weighted by Gasteiger charge is -2.07. The normalized spacial score (nSPS) is 15.2. The fraction of sp³-hybridized carbons (Fsp3) is 0.308. The van der Waals surface area contributed by atoms with Gasteiger partial charge < -0.3 is 9.15 Å². The number of aryl methyl sites for hydroxylation is 1. The molecule has 0 amide bonds. The van der Waals surface area contributed by atoms with Crippen molar-refractivity contribution in [3.63, 3.8) is 0 Å². The van der Waals surface area contributed by atoms with Crippen LogP contribution in [-0.4, -0.2) is 12.9 Å². The fourth-order valence-electron chi connectivity index (χ4n) is 2.27. The number of ether oxygens (including phenoxy) is 1. The number of methoxy groups -OCH3 is 1. The van der Waals surface area contributed by atoms with Crippen LogP contribution in [0.15, 0.2) is 22.6 Å². The Morgan fingerprint density at radius 2 is 2.19 bits per heavy atom. The van der Waals surface area contributed by atoms with E-state index < -0.39 is 0 Å². The van der Waals surface area contributed by atoms with Crippen LogP contribution < -0.4 is 4.74 Å². The summed E-state index contributed by atoms with van der Waals surface area (Å²) in [5, 5.41) is 1.02. The number of furan rings is 1. The van der Waals surface area contributed by atoms with E-state index in [2.05, 4.69) is 0 Å². The number of hydrogen-bond acceptors (Lipinski definition) is 3. The molecule has 0 atom stereocenters. The molecule has 1 aliphatic carbocycles. The third kappa shape index (κ3) is 1.24. The Kier molecular flexibility index (Phi) is 1.99. The highest BCUT2D eigenvalue weighted by molar-refractivity contribution is 6.01. The molecule has 0 N–H and O–H groups in total. The molecule has 0 bridgehead atoms. The first-order valence-electron chi connectivity index (χ1n) is 5.42. The van der Waals surface area contributed by atoms with Gasteiger partial charge in [-0.15, -0.1) is 0 Å². The van der Waals surface area contributed by atoms with Crippen molar-refractivity contribution < 1.29 is 13.9 Å². The number of ketones is 1. The molecule has 1 heterocycles. The Balaban J connectivity index is 2.29. The van der Waals surface area contributed by atoms with Crippen molar-refractivity contribution in [2.24, 2.45) is 0 Å². The minimum Gasteiger partial charge on any atom is -0.497 e. The van der Waals surface area contributed by atoms with E-state index in [1.807, 2.05) is 18.2 Å². The zero-order chi connectivity index (χ0) is 11.1. The van der Waals surface area contributed by atoms with E-state index in [1.165, 1.54) is 0 Å². The molecule has 3 heteroatoms. The van der Waals surface area contributed by atoms with Gasteiger partial charge in [0.05, 0.1) is 7.11 Å². The van der Waals surface area contributed by atoms with Crippen molar-refractivity contribution in [1.82, 2.24) is 0 Å². The Morgan fingerprint density at radius 3 is 3.00 bits per heavy atom. The molecule has 0 fully saturated rings. The SMILES string of the molecule is COc1ccc2oc3c(c2c1)CCCC3=O. The maximum absolute atomic E-state index is 11.7. The van der Waals surface area contributed by atoms with Crippen LogP contribution in [0.5, 0.6) is 5.75 Å². The van der Waals surface area contributed by atoms with Gasteiger partial charge >= 0.3 is 0 Å². The standard InChI is InChI=1S/C13H12O3/c1-15-8-5-6-12-10(7-8)9-3-2-4-11(14)13(9)16-12/h5-7H,2-4H2,1H3. The molecule has 0 saturated heterocycles. The van der Waals surface area contributed by atoms with Gasteiger partial charge in [-0.25, -0.2) is 0 Å². The minimum atomic E-state index is 0.122. The van der Waals surface area contributed by atoms with E-state index >= 15 is 0 Å². The van der Waals surface area contributed by atoms with Gasteiger partial charge in [-0.2, -0.15) is 0 Å². The lowest BCUT2D eigenvalue weighted by molar-refractivity contribution is 0.0946. The van der Waals surface area contributed by atoms with E-state index in [0.29, 0.717) is 12.2 Å². The van der Waals surface area contributed by atoms with Crippen LogP contribution in [0.1, 0.15) is 29.0 Å². The first-order chi connectivity index (χ1) is 7.79. The first kappa shape index (κ1) is 9.46. The lowest BCUT2D eigenvalue weighted by atomic mass is 9.95. The van der Waals surface area contributed by atoms with E-state index in [0.717, 1.165) is 35.1 Å². The summed E-state index contributed by atoms with van der Waals surface area (Å²) in [4.78, 5) is 11.7. The molecule has 1 aromatic heterocycles. The van der Waals surface area contributed by atoms with Crippen LogP contribution in [0.3, 0.4) is 0 Å². The Bertz CT molecular complexity index is 566. The summed E-state index contributed by atoms with van der Waals surface area (Å²) in [6.07, 6.45) is 2.43. The van der Waals surface area contributed by atoms with Crippen LogP contribution in [-0.2, 0) is 6.42 Å². The van der Waals surface area contributed by atoms with E-state index in [9.17, 15) is 4.79 Å². The van der Waals surface area contributed by atoms with E-state index in [4.69, 9.17) is 9.15 Å². The van der Waals surface area contributed by atoms with Gasteiger partial charge in [-0.3, -0.25) is 4.79 Å². The summed E-state index contributed by atoms with van der Waals surface area (Å²) in [7, 11) is 1.64. The van der Waals surface area contributed by atoms with Crippen LogP contribution in [0.25, 0.3) is 11.0 Å². The largest absolute Gasteiger partial charge is 0.497 e. The molecule has 82 valence electrons. The summed E-state index contributed by atoms with van der Waals surface area (Å²) in [5.74, 6) is 1.47. The van der Waals surface area contributed by atoms with Gasteiger partial charge in [0.2, 0.25) is 0 Å². The highest BCUT2D eigenvalue weighted by atomic mass is 16.5. The molecular weight excluding hydrogens is 204 g/mol. The number of carbonyl (C=O) groups excluding carboxylic acids is 1. The average Bonchev–Trinajstić information content (AvgIpc) is 2.68. The van der Waals surface area contributed by atoms with Crippen molar-refractivity contribution in [2.75, 3.05) is 7.11 Å². The van der Waals surface area contributed by atoms with Crippen LogP contribution in [0.2, 0.25) is 0 Å². The van der Waals surface area contributed by atoms with Gasteiger partial charge in [-0.05, 0) is 31.0 Å². The maximum Gasteiger partial charge on any atom is 0.198 e. The number of carbonyl (C=O) groups is 1. The van der Waals surface area contributed by atoms with Crippen molar-refractivity contribution in [1.29, 1.82) is 0 Å². The lowest BCUT2D eigenvalue weighted by Crippen LogP contribution is -2.07. The average molecular weight is 216 g/mol. The first-order valence-corrected chi connectivity index (χ1v) is 5.42. The van der Waals surface area contributed by atoms with Crippen LogP contribution in [0.4, 0.5) is 0 Å². The topological polar surface area (TPSA) is 39.4 Å². The quantitative estimate of drug-likeness (QED) is 0.735. The molecule has 1 aromatic carbocycles. The molecule has 0 radical (unpaired) electrons. The highest BCUT2D eigenvalue weighted by Gasteiger charge is 2.24. The number of hydrogen-bond donors (Lipinski definition) is 0. The molecule has 0 aliphatic heterocycles. The van der Waals surface area contributed by atoms with Gasteiger partial charge in [0.15, 0.2) is 11.5 Å². The molecule has 1 aliphatic rings. The second-order valence-electron chi connectivity index (χ2n) is 4.05. The number of fused-ring (bicyclic) bond motifs is 3. The second kappa shape index (κ2) is 3.37. The summed E-state index contributed by atoms with van der Waals surface area (Å²) in [5.41, 5.74) is 1.83. The molecule has 2 aromatic rings. The summed E-state index contributed by atoms with van der Waals surface area (Å²) < 4.78 is 10.8. The van der Waals surface area contributed by atoms with Crippen LogP contribution in [0, 0.1) is 0 Å². The third-order valence-corrected chi connectivity index (χ3v) is 3.08. The Morgan fingerprint density at radius 1 is 1.31 bits per heavy atom. The van der Waals surface area contributed by atoms with Gasteiger partial charge in [0.25, 0.3) is 0 Å². The van der Waals surface area contributed by atoms with Gasteiger partial charge in [0, 0.05) is 17.4 Å². The monoisotopic (exact) mass is 216 g/mol. The molecule has 16 heavy (non-hydrogen) atoms. The molecule has 0 unspecified atom stereocenters. The number of Topliss-reactive ketones (excluding diaryl/α,β-unsaturated/α-hetero) is 1. The number of benzene rings is 1. The highest BCUT2D eigenvalue weighted by Crippen LogP contribution is 2.33. The van der Waals surface area contributed by atoms with E-state index in [1.54, 1.807) is 7.11 Å². The molecule has 0 saturated carbocycles. The second-order valence-corrected chi connectivity index (χ2v) is 4.05. The predicted molar refractivity (Wildman–Crippen MR) is 60.0 cm³/mol. The maximum atomic E-state index is 11.7. The Hall–Kier alpha value is -1.77. The van der Waals surface area contributed by atoms with Crippen LogP contribution >= 0.6 is 0 Å². The summed E-state index contributed by atoms with van der Waals surface area (Å²) in [6, 6.07) is 5.65. The predicted octanol–water partition coefficient (Wildman–Crippen LogP) is 2.96. The molecule has 3 rings (SSSR count). The Labute approximate surface area is 93.0 Å². The number of rotatable bonds is 1. The zero-order valence-electron chi connectivity index (χ0n) is 9.08. The summed E-state index contributed by atoms with van der Waals surface area (Å²) in [6.45, 7) is 0. The van der Waals surface area contributed by atoms with Crippen molar-refractivity contribution in [3.8, 4) is 5.75 Å². The van der Waals surface area contributed by atoms with E-state index in [-0.39, 0.29) is 5.78 Å². The zero-order valence-corrected chi connectivity index (χ0v) is 9.08. The summed E-state index contributed by atoms with van der Waals surface area (Å²) >= 11 is 0. The molecule has 3 nitrogen and oxygen atoms in total. The van der Waals surface area contributed by atoms with Crippen molar-refractivity contribution >= 4 is 16.8 Å². The van der Waals surface area contributed by atoms with Gasteiger partial charge in [0.1, 0.15) is 11.3 Å². The van der Waals surface area contributed by atoms with Gasteiger partial charge in [-0.1, -0.05) is 0 Å². The smallest absolute Gasteiger partial charge is 0.198 e. The molecule has 0 spiro atoms. The third-order valence-electron chi connectivity index (χ3n) is 3.08. The van der Waals surface area contributed by atoms with Crippen molar-refractivity contribution in [3.05, 3.63) is 29.5 Å². The minimum absolute atomic E-state index is 0.122. The molecular formula is C13H12O3. The van der Waals surface area contributed by atoms with Crippen molar-refractivity contribution in [2.45, 2.75) is 19.3 Å². The fourth-order valence-corrected chi connectivity index (χ4v) is 2.27.